The number of halogens is 6. The summed E-state index contributed by atoms with van der Waals surface area (Å²) in [5.74, 6) is -5.74. The summed E-state index contributed by atoms with van der Waals surface area (Å²) >= 11 is 0. The third kappa shape index (κ3) is 7.07. The summed E-state index contributed by atoms with van der Waals surface area (Å²) < 4.78 is 84.1. The van der Waals surface area contributed by atoms with E-state index in [0.717, 1.165) is 15.8 Å². The summed E-state index contributed by atoms with van der Waals surface area (Å²) in [6.45, 7) is 4.90. The van der Waals surface area contributed by atoms with Crippen molar-refractivity contribution in [3.8, 4) is 5.69 Å². The second-order valence-electron chi connectivity index (χ2n) is 9.33. The lowest BCUT2D eigenvalue weighted by atomic mass is 9.87. The van der Waals surface area contributed by atoms with Gasteiger partial charge in [0.15, 0.2) is 0 Å². The van der Waals surface area contributed by atoms with Crippen LogP contribution in [0, 0.1) is 18.7 Å². The van der Waals surface area contributed by atoms with Gasteiger partial charge >= 0.3 is 6.18 Å². The molecule has 0 aliphatic carbocycles. The molecular formula is C26H30F6N6O. The summed E-state index contributed by atoms with van der Waals surface area (Å²) in [4.78, 5) is 19.6. The van der Waals surface area contributed by atoms with Gasteiger partial charge in [-0.1, -0.05) is 26.0 Å². The van der Waals surface area contributed by atoms with Crippen molar-refractivity contribution in [2.24, 2.45) is 10.9 Å². The largest absolute Gasteiger partial charge is 0.417 e. The summed E-state index contributed by atoms with van der Waals surface area (Å²) in [5.41, 5.74) is -1.29. The highest BCUT2D eigenvalue weighted by Gasteiger charge is 2.47. The van der Waals surface area contributed by atoms with E-state index in [9.17, 15) is 26.7 Å². The number of likely N-dealkylation sites (tertiary alicyclic amines) is 1. The van der Waals surface area contributed by atoms with Crippen LogP contribution in [0.4, 0.5) is 26.3 Å². The highest BCUT2D eigenvalue weighted by Crippen LogP contribution is 2.36. The van der Waals surface area contributed by atoms with Crippen molar-refractivity contribution < 1.29 is 31.1 Å². The number of benzene rings is 1. The van der Waals surface area contributed by atoms with E-state index in [4.69, 9.17) is 0 Å². The van der Waals surface area contributed by atoms with Gasteiger partial charge in [0.2, 0.25) is 0 Å². The summed E-state index contributed by atoms with van der Waals surface area (Å²) in [6, 6.07) is 2.01. The summed E-state index contributed by atoms with van der Waals surface area (Å²) in [6.07, 6.45) is 1.04. The minimum absolute atomic E-state index is 0.0106. The average molecular weight is 557 g/mol. The molecule has 2 heterocycles. The number of hydrogen-bond acceptors (Lipinski definition) is 5. The predicted octanol–water partition coefficient (Wildman–Crippen LogP) is 5.62. The maximum absolute atomic E-state index is 15.4. The van der Waals surface area contributed by atoms with Gasteiger partial charge in [0, 0.05) is 19.2 Å². The van der Waals surface area contributed by atoms with E-state index in [1.165, 1.54) is 51.4 Å². The lowest BCUT2D eigenvalue weighted by Gasteiger charge is -2.43. The smallest absolute Gasteiger partial charge is 0.368 e. The van der Waals surface area contributed by atoms with Crippen LogP contribution >= 0.6 is 0 Å². The quantitative estimate of drug-likeness (QED) is 0.338. The Morgan fingerprint density at radius 3 is 2.51 bits per heavy atom. The summed E-state index contributed by atoms with van der Waals surface area (Å²) in [5, 5.41) is 10.8. The number of aryl methyl sites for hydroxylation is 1. The summed E-state index contributed by atoms with van der Waals surface area (Å²) in [7, 11) is 0. The molecule has 1 fully saturated rings. The van der Waals surface area contributed by atoms with E-state index >= 15 is 4.39 Å². The molecule has 13 heteroatoms. The third-order valence-electron chi connectivity index (χ3n) is 6.37. The normalized spacial score (nSPS) is 20.5. The van der Waals surface area contributed by atoms with Gasteiger partial charge in [-0.2, -0.15) is 28.2 Å². The topological polar surface area (TPSA) is 75.4 Å². The number of nitrogens with zero attached hydrogens (tertiary/aromatic N) is 5. The van der Waals surface area contributed by atoms with E-state index in [1.807, 2.05) is 0 Å². The number of rotatable bonds is 8. The SMILES string of the molecule is C\C=C(/C=N/C(=C/CC)NCC1C(C)CC(F)(F)CN1C(=O)c1c(-n2nccn2)ccc(C)c1F)C(F)(F)F. The number of aliphatic imine (C=N–C) groups is 1. The number of amides is 1. The molecule has 0 spiro atoms. The number of carbonyl (C=O) groups is 1. The predicted molar refractivity (Wildman–Crippen MR) is 134 cm³/mol. The zero-order chi connectivity index (χ0) is 29.0. The van der Waals surface area contributed by atoms with E-state index < -0.39 is 59.9 Å². The van der Waals surface area contributed by atoms with Crippen molar-refractivity contribution in [1.29, 1.82) is 0 Å². The van der Waals surface area contributed by atoms with Gasteiger partial charge in [-0.05, 0) is 43.9 Å². The number of allylic oxidation sites excluding steroid dienone is 3. The number of nitrogens with one attached hydrogen (secondary N) is 1. The molecule has 2 aromatic rings. The molecule has 1 aromatic carbocycles. The molecule has 0 radical (unpaired) electrons. The Labute approximate surface area is 222 Å². The molecular weight excluding hydrogens is 526 g/mol. The monoisotopic (exact) mass is 556 g/mol. The molecule has 7 nitrogen and oxygen atoms in total. The molecule has 2 unspecified atom stereocenters. The Balaban J connectivity index is 1.95. The third-order valence-corrected chi connectivity index (χ3v) is 6.37. The van der Waals surface area contributed by atoms with E-state index in [1.54, 1.807) is 6.92 Å². The number of carbonyl (C=O) groups excluding carboxylic acids is 1. The molecule has 2 atom stereocenters. The molecule has 1 aromatic heterocycles. The Morgan fingerprint density at radius 2 is 1.92 bits per heavy atom. The molecule has 1 aliphatic rings. The van der Waals surface area contributed by atoms with Crippen molar-refractivity contribution in [3.63, 3.8) is 0 Å². The van der Waals surface area contributed by atoms with Crippen molar-refractivity contribution in [2.75, 3.05) is 13.1 Å². The van der Waals surface area contributed by atoms with Crippen LogP contribution in [-0.2, 0) is 0 Å². The lowest BCUT2D eigenvalue weighted by Crippen LogP contribution is -2.58. The Kier molecular flexibility index (Phi) is 9.23. The Morgan fingerprint density at radius 1 is 1.26 bits per heavy atom. The lowest BCUT2D eigenvalue weighted by molar-refractivity contribution is -0.0913. The first-order valence-electron chi connectivity index (χ1n) is 12.3. The molecule has 212 valence electrons. The van der Waals surface area contributed by atoms with Gasteiger partial charge in [0.05, 0.1) is 30.6 Å². The van der Waals surface area contributed by atoms with Crippen molar-refractivity contribution >= 4 is 12.1 Å². The minimum Gasteiger partial charge on any atom is -0.368 e. The molecule has 0 saturated carbocycles. The molecule has 1 amide bonds. The zero-order valence-electron chi connectivity index (χ0n) is 21.9. The van der Waals surface area contributed by atoms with Gasteiger partial charge in [0.25, 0.3) is 11.8 Å². The molecule has 1 N–H and O–H groups in total. The Bertz CT molecular complexity index is 1250. The van der Waals surface area contributed by atoms with Crippen LogP contribution in [0.5, 0.6) is 0 Å². The highest BCUT2D eigenvalue weighted by atomic mass is 19.4. The van der Waals surface area contributed by atoms with Crippen LogP contribution in [0.3, 0.4) is 0 Å². The van der Waals surface area contributed by atoms with Gasteiger partial charge in [-0.25, -0.2) is 18.2 Å². The first kappa shape index (κ1) is 29.9. The second-order valence-corrected chi connectivity index (χ2v) is 9.33. The minimum atomic E-state index is -4.60. The van der Waals surface area contributed by atoms with E-state index in [0.29, 0.717) is 12.6 Å². The van der Waals surface area contributed by atoms with Crippen LogP contribution in [0.25, 0.3) is 5.69 Å². The van der Waals surface area contributed by atoms with Crippen LogP contribution in [-0.4, -0.2) is 63.2 Å². The van der Waals surface area contributed by atoms with Gasteiger partial charge < -0.3 is 10.2 Å². The number of aromatic nitrogens is 3. The molecule has 3 rings (SSSR count). The van der Waals surface area contributed by atoms with E-state index in [-0.39, 0.29) is 23.6 Å². The fourth-order valence-electron chi connectivity index (χ4n) is 4.43. The maximum atomic E-state index is 15.4. The van der Waals surface area contributed by atoms with E-state index in [2.05, 4.69) is 20.5 Å². The molecule has 0 bridgehead atoms. The van der Waals surface area contributed by atoms with Crippen LogP contribution in [0.2, 0.25) is 0 Å². The highest BCUT2D eigenvalue weighted by molar-refractivity contribution is 5.98. The fourth-order valence-corrected chi connectivity index (χ4v) is 4.43. The zero-order valence-corrected chi connectivity index (χ0v) is 21.9. The average Bonchev–Trinajstić information content (AvgIpc) is 3.38. The number of hydrogen-bond donors (Lipinski definition) is 1. The van der Waals surface area contributed by atoms with Crippen LogP contribution < -0.4 is 5.32 Å². The fraction of sp³-hybridized carbons (Fsp3) is 0.462. The van der Waals surface area contributed by atoms with Crippen LogP contribution in [0.1, 0.15) is 49.5 Å². The first-order valence-corrected chi connectivity index (χ1v) is 12.3. The van der Waals surface area contributed by atoms with Crippen molar-refractivity contribution in [3.05, 3.63) is 65.0 Å². The number of piperidine rings is 1. The first-order chi connectivity index (χ1) is 18.3. The maximum Gasteiger partial charge on any atom is 0.417 e. The standard InChI is InChI=1S/C26H30F6N6O/c1-5-7-21(33-13-18(6-2)26(30,31)32)34-14-20-17(4)12-25(28,29)15-37(20)24(39)22-19(38-35-10-11-36-38)9-8-16(3)23(22)27/h6-11,13,17,20,34H,5,12,14-15H2,1-4H3/b18-6+,21-7-,33-13+. The van der Waals surface area contributed by atoms with Crippen molar-refractivity contribution in [1.82, 2.24) is 25.2 Å². The number of alkyl halides is 5. The second kappa shape index (κ2) is 12.0. The van der Waals surface area contributed by atoms with Gasteiger partial charge in [-0.3, -0.25) is 4.79 Å². The van der Waals surface area contributed by atoms with Gasteiger partial charge in [0.1, 0.15) is 22.9 Å². The van der Waals surface area contributed by atoms with Gasteiger partial charge in [-0.15, -0.1) is 0 Å². The van der Waals surface area contributed by atoms with Crippen LogP contribution in [0.15, 0.2) is 53.1 Å². The van der Waals surface area contributed by atoms with Crippen molar-refractivity contribution in [2.45, 2.75) is 58.7 Å². The molecule has 39 heavy (non-hydrogen) atoms. The molecule has 1 saturated heterocycles. The Hall–Kier alpha value is -3.64. The molecule has 1 aliphatic heterocycles.